The second kappa shape index (κ2) is 7.53. The molecule has 0 atom stereocenters. The Hall–Kier alpha value is -2.59. The zero-order valence-electron chi connectivity index (χ0n) is 15.0. The van der Waals surface area contributed by atoms with Crippen molar-refractivity contribution in [2.75, 3.05) is 20.3 Å². The Morgan fingerprint density at radius 2 is 1.88 bits per heavy atom. The summed E-state index contributed by atoms with van der Waals surface area (Å²) in [7, 11) is 1.66. The molecule has 1 N–H and O–H groups in total. The first-order chi connectivity index (χ1) is 12.1. The molecule has 4 heteroatoms. The van der Waals surface area contributed by atoms with Crippen molar-refractivity contribution >= 4 is 16.8 Å². The molecule has 25 heavy (non-hydrogen) atoms. The van der Waals surface area contributed by atoms with Gasteiger partial charge in [-0.1, -0.05) is 30.3 Å². The maximum Gasteiger partial charge on any atom is 0.254 e. The van der Waals surface area contributed by atoms with Crippen LogP contribution in [-0.2, 0) is 11.3 Å². The molecule has 0 aliphatic carbocycles. The van der Waals surface area contributed by atoms with E-state index in [0.717, 1.165) is 22.2 Å². The predicted molar refractivity (Wildman–Crippen MR) is 101 cm³/mol. The number of ether oxygens (including phenoxy) is 1. The van der Waals surface area contributed by atoms with E-state index >= 15 is 0 Å². The van der Waals surface area contributed by atoms with Gasteiger partial charge in [-0.15, -0.1) is 0 Å². The zero-order chi connectivity index (χ0) is 17.8. The first-order valence-electron chi connectivity index (χ1n) is 8.51. The standard InChI is InChI=1S/C21H24N2O2/c1-15-16(2)22-20-10-9-18(13-19(15)20)21(24)23(11-12-25-3)14-17-7-5-4-6-8-17/h4-10,13,22H,11-12,14H2,1-3H3. The smallest absolute Gasteiger partial charge is 0.254 e. The van der Waals surface area contributed by atoms with Crippen molar-refractivity contribution in [1.82, 2.24) is 9.88 Å². The fourth-order valence-electron chi connectivity index (χ4n) is 3.03. The lowest BCUT2D eigenvalue weighted by molar-refractivity contribution is 0.0680. The van der Waals surface area contributed by atoms with Gasteiger partial charge < -0.3 is 14.6 Å². The van der Waals surface area contributed by atoms with Gasteiger partial charge in [0.25, 0.3) is 5.91 Å². The van der Waals surface area contributed by atoms with E-state index in [1.165, 1.54) is 5.56 Å². The molecule has 0 spiro atoms. The highest BCUT2D eigenvalue weighted by Gasteiger charge is 2.17. The number of rotatable bonds is 6. The number of nitrogens with zero attached hydrogens (tertiary/aromatic N) is 1. The lowest BCUT2D eigenvalue weighted by Crippen LogP contribution is -2.33. The Morgan fingerprint density at radius 1 is 1.12 bits per heavy atom. The van der Waals surface area contributed by atoms with Gasteiger partial charge in [0, 0.05) is 42.4 Å². The molecule has 0 unspecified atom stereocenters. The van der Waals surface area contributed by atoms with Crippen LogP contribution in [0.2, 0.25) is 0 Å². The molecule has 3 rings (SSSR count). The van der Waals surface area contributed by atoms with E-state index in [9.17, 15) is 4.79 Å². The molecular formula is C21H24N2O2. The Labute approximate surface area is 148 Å². The second-order valence-corrected chi connectivity index (χ2v) is 6.34. The number of carbonyl (C=O) groups is 1. The van der Waals surface area contributed by atoms with Gasteiger partial charge in [0.1, 0.15) is 0 Å². The number of hydrogen-bond acceptors (Lipinski definition) is 2. The number of amides is 1. The molecule has 0 saturated heterocycles. The van der Waals surface area contributed by atoms with Gasteiger partial charge in [0.05, 0.1) is 6.61 Å². The topological polar surface area (TPSA) is 45.3 Å². The SMILES string of the molecule is COCCN(Cc1ccccc1)C(=O)c1ccc2[nH]c(C)c(C)c2c1. The highest BCUT2D eigenvalue weighted by molar-refractivity contribution is 5.99. The predicted octanol–water partition coefficient (Wildman–Crippen LogP) is 4.07. The summed E-state index contributed by atoms with van der Waals surface area (Å²) < 4.78 is 5.19. The Bertz CT molecular complexity index is 868. The summed E-state index contributed by atoms with van der Waals surface area (Å²) >= 11 is 0. The fourth-order valence-corrected chi connectivity index (χ4v) is 3.03. The van der Waals surface area contributed by atoms with Gasteiger partial charge in [-0.2, -0.15) is 0 Å². The van der Waals surface area contributed by atoms with Crippen molar-refractivity contribution in [2.24, 2.45) is 0 Å². The average molecular weight is 336 g/mol. The molecule has 1 heterocycles. The monoisotopic (exact) mass is 336 g/mol. The maximum atomic E-state index is 13.1. The molecule has 0 bridgehead atoms. The van der Waals surface area contributed by atoms with E-state index in [4.69, 9.17) is 4.74 Å². The molecule has 1 aromatic heterocycles. The van der Waals surface area contributed by atoms with Crippen LogP contribution in [0.25, 0.3) is 10.9 Å². The number of fused-ring (bicyclic) bond motifs is 1. The molecule has 130 valence electrons. The second-order valence-electron chi connectivity index (χ2n) is 6.34. The zero-order valence-corrected chi connectivity index (χ0v) is 15.0. The van der Waals surface area contributed by atoms with Crippen molar-refractivity contribution in [1.29, 1.82) is 0 Å². The minimum atomic E-state index is 0.0288. The first-order valence-corrected chi connectivity index (χ1v) is 8.51. The van der Waals surface area contributed by atoms with Crippen molar-refractivity contribution in [2.45, 2.75) is 20.4 Å². The number of methoxy groups -OCH3 is 1. The molecular weight excluding hydrogens is 312 g/mol. The Balaban J connectivity index is 1.89. The van der Waals surface area contributed by atoms with Gasteiger partial charge in [0.15, 0.2) is 0 Å². The van der Waals surface area contributed by atoms with E-state index in [-0.39, 0.29) is 5.91 Å². The number of hydrogen-bond donors (Lipinski definition) is 1. The highest BCUT2D eigenvalue weighted by Crippen LogP contribution is 2.23. The summed E-state index contributed by atoms with van der Waals surface area (Å²) in [6.45, 7) is 5.79. The van der Waals surface area contributed by atoms with Crippen LogP contribution in [-0.4, -0.2) is 36.1 Å². The molecule has 0 aliphatic rings. The summed E-state index contributed by atoms with van der Waals surface area (Å²) in [6.07, 6.45) is 0. The van der Waals surface area contributed by atoms with Gasteiger partial charge in [0.2, 0.25) is 0 Å². The van der Waals surface area contributed by atoms with Crippen molar-refractivity contribution in [3.8, 4) is 0 Å². The number of aryl methyl sites for hydroxylation is 2. The van der Waals surface area contributed by atoms with Crippen LogP contribution < -0.4 is 0 Å². The van der Waals surface area contributed by atoms with Crippen molar-refractivity contribution in [3.05, 3.63) is 70.9 Å². The van der Waals surface area contributed by atoms with Crippen molar-refractivity contribution in [3.63, 3.8) is 0 Å². The molecule has 0 aliphatic heterocycles. The number of nitrogens with one attached hydrogen (secondary N) is 1. The van der Waals surface area contributed by atoms with E-state index < -0.39 is 0 Å². The maximum absolute atomic E-state index is 13.1. The molecule has 4 nitrogen and oxygen atoms in total. The van der Waals surface area contributed by atoms with Crippen LogP contribution in [0.15, 0.2) is 48.5 Å². The number of benzene rings is 2. The average Bonchev–Trinajstić information content (AvgIpc) is 2.92. The first kappa shape index (κ1) is 17.2. The molecule has 0 saturated carbocycles. The largest absolute Gasteiger partial charge is 0.383 e. The quantitative estimate of drug-likeness (QED) is 0.737. The van der Waals surface area contributed by atoms with Gasteiger partial charge in [-0.25, -0.2) is 0 Å². The fraction of sp³-hybridized carbons (Fsp3) is 0.286. The van der Waals surface area contributed by atoms with Crippen molar-refractivity contribution < 1.29 is 9.53 Å². The Kier molecular flexibility index (Phi) is 5.19. The van der Waals surface area contributed by atoms with Gasteiger partial charge in [-0.05, 0) is 43.2 Å². The third kappa shape index (κ3) is 3.74. The lowest BCUT2D eigenvalue weighted by atomic mass is 10.1. The summed E-state index contributed by atoms with van der Waals surface area (Å²) in [5.74, 6) is 0.0288. The summed E-state index contributed by atoms with van der Waals surface area (Å²) in [5, 5.41) is 1.11. The van der Waals surface area contributed by atoms with Gasteiger partial charge >= 0.3 is 0 Å². The number of carbonyl (C=O) groups excluding carboxylic acids is 1. The summed E-state index contributed by atoms with van der Waals surface area (Å²) in [4.78, 5) is 18.3. The molecule has 2 aromatic carbocycles. The molecule has 0 fully saturated rings. The van der Waals surface area contributed by atoms with Crippen LogP contribution in [0, 0.1) is 13.8 Å². The molecule has 0 radical (unpaired) electrons. The van der Waals surface area contributed by atoms with Gasteiger partial charge in [-0.3, -0.25) is 4.79 Å². The number of aromatic nitrogens is 1. The van der Waals surface area contributed by atoms with E-state index in [1.54, 1.807) is 7.11 Å². The van der Waals surface area contributed by atoms with Crippen LogP contribution in [0.3, 0.4) is 0 Å². The van der Waals surface area contributed by atoms with Crippen LogP contribution >= 0.6 is 0 Å². The third-order valence-electron chi connectivity index (χ3n) is 4.62. The number of aromatic amines is 1. The highest BCUT2D eigenvalue weighted by atomic mass is 16.5. The third-order valence-corrected chi connectivity index (χ3v) is 4.62. The summed E-state index contributed by atoms with van der Waals surface area (Å²) in [5.41, 5.74) is 5.22. The minimum absolute atomic E-state index is 0.0288. The van der Waals surface area contributed by atoms with E-state index in [1.807, 2.05) is 53.4 Å². The number of H-pyrrole nitrogens is 1. The molecule has 3 aromatic rings. The van der Waals surface area contributed by atoms with Crippen LogP contribution in [0.4, 0.5) is 0 Å². The van der Waals surface area contributed by atoms with E-state index in [0.29, 0.717) is 25.3 Å². The molecule has 1 amide bonds. The minimum Gasteiger partial charge on any atom is -0.383 e. The van der Waals surface area contributed by atoms with Crippen LogP contribution in [0.1, 0.15) is 27.2 Å². The summed E-state index contributed by atoms with van der Waals surface area (Å²) in [6, 6.07) is 15.9. The van der Waals surface area contributed by atoms with E-state index in [2.05, 4.69) is 18.8 Å². The normalized spacial score (nSPS) is 11.0. The van der Waals surface area contributed by atoms with Crippen LogP contribution in [0.5, 0.6) is 0 Å². The Morgan fingerprint density at radius 3 is 2.60 bits per heavy atom. The lowest BCUT2D eigenvalue weighted by Gasteiger charge is -2.23.